The highest BCUT2D eigenvalue weighted by molar-refractivity contribution is 7.90. The van der Waals surface area contributed by atoms with Crippen LogP contribution in [0.15, 0.2) is 30.5 Å². The predicted octanol–water partition coefficient (Wildman–Crippen LogP) is 1.97. The molecule has 0 atom stereocenters. The van der Waals surface area contributed by atoms with E-state index in [0.29, 0.717) is 0 Å². The molecule has 0 bridgehead atoms. The van der Waals surface area contributed by atoms with Crippen LogP contribution in [0.4, 0.5) is 10.2 Å². The second-order valence-electron chi connectivity index (χ2n) is 4.64. The number of carbonyl (C=O) groups is 1. The topological polar surface area (TPSA) is 81.1 Å². The number of nitrogens with one attached hydrogen (secondary N) is 1. The van der Waals surface area contributed by atoms with Crippen LogP contribution in [0.5, 0.6) is 0 Å². The second kappa shape index (κ2) is 6.45. The molecule has 22 heavy (non-hydrogen) atoms. The van der Waals surface area contributed by atoms with Gasteiger partial charge in [-0.1, -0.05) is 17.7 Å². The van der Waals surface area contributed by atoms with Crippen molar-refractivity contribution >= 4 is 33.2 Å². The lowest BCUT2D eigenvalue weighted by Crippen LogP contribution is -2.16. The molecule has 1 amide bonds. The zero-order chi connectivity index (χ0) is 16.3. The van der Waals surface area contributed by atoms with Crippen molar-refractivity contribution in [1.82, 2.24) is 9.78 Å². The molecule has 1 aromatic carbocycles. The summed E-state index contributed by atoms with van der Waals surface area (Å²) in [5.74, 6) is -1.35. The molecule has 9 heteroatoms. The number of hydrogen-bond donors (Lipinski definition) is 1. The lowest BCUT2D eigenvalue weighted by molar-refractivity contribution is 0.102. The van der Waals surface area contributed by atoms with E-state index in [1.807, 2.05) is 0 Å². The van der Waals surface area contributed by atoms with Gasteiger partial charge in [0.2, 0.25) is 0 Å². The third kappa shape index (κ3) is 4.28. The highest BCUT2D eigenvalue weighted by atomic mass is 35.5. The Morgan fingerprint density at radius 1 is 1.41 bits per heavy atom. The molecule has 1 aromatic heterocycles. The quantitative estimate of drug-likeness (QED) is 0.898. The summed E-state index contributed by atoms with van der Waals surface area (Å²) in [6, 6.07) is 5.42. The van der Waals surface area contributed by atoms with Crippen LogP contribution in [0.2, 0.25) is 5.02 Å². The van der Waals surface area contributed by atoms with Gasteiger partial charge in [0.25, 0.3) is 5.91 Å². The summed E-state index contributed by atoms with van der Waals surface area (Å²) in [5, 5.41) is 6.40. The lowest BCUT2D eigenvalue weighted by Gasteiger charge is -2.05. The standard InChI is InChI=1S/C13H13ClFN3O3S/c1-22(20,21)8-7-18-6-5-11(17-18)16-13(19)12-9(14)3-2-4-10(12)15/h2-6H,7-8H2,1H3,(H,16,17,19). The number of halogens is 2. The number of aryl methyl sites for hydroxylation is 1. The molecule has 0 unspecified atom stereocenters. The van der Waals surface area contributed by atoms with Crippen LogP contribution < -0.4 is 5.32 Å². The van der Waals surface area contributed by atoms with Crippen molar-refractivity contribution in [3.8, 4) is 0 Å². The van der Waals surface area contributed by atoms with Gasteiger partial charge in [-0.25, -0.2) is 12.8 Å². The Morgan fingerprint density at radius 3 is 2.77 bits per heavy atom. The fraction of sp³-hybridized carbons (Fsp3) is 0.231. The summed E-state index contributed by atoms with van der Waals surface area (Å²) in [7, 11) is -3.11. The van der Waals surface area contributed by atoms with E-state index in [1.54, 1.807) is 0 Å². The van der Waals surface area contributed by atoms with E-state index in [1.165, 1.54) is 29.1 Å². The van der Waals surface area contributed by atoms with Crippen molar-refractivity contribution < 1.29 is 17.6 Å². The number of carbonyl (C=O) groups excluding carboxylic acids is 1. The van der Waals surface area contributed by atoms with Crippen LogP contribution in [-0.4, -0.2) is 36.1 Å². The van der Waals surface area contributed by atoms with Crippen molar-refractivity contribution in [2.24, 2.45) is 0 Å². The number of aromatic nitrogens is 2. The number of amides is 1. The maximum atomic E-state index is 13.6. The number of anilines is 1. The number of benzene rings is 1. The minimum Gasteiger partial charge on any atom is -0.305 e. The molecule has 118 valence electrons. The minimum atomic E-state index is -3.11. The highest BCUT2D eigenvalue weighted by Gasteiger charge is 2.16. The lowest BCUT2D eigenvalue weighted by atomic mass is 10.2. The van der Waals surface area contributed by atoms with Gasteiger partial charge in [-0.3, -0.25) is 9.48 Å². The van der Waals surface area contributed by atoms with E-state index >= 15 is 0 Å². The molecule has 2 aromatic rings. The number of sulfone groups is 1. The third-order valence-corrected chi connectivity index (χ3v) is 4.00. The Bertz CT molecular complexity index is 784. The van der Waals surface area contributed by atoms with Gasteiger partial charge in [0.1, 0.15) is 15.7 Å². The van der Waals surface area contributed by atoms with Crippen molar-refractivity contribution in [3.05, 3.63) is 46.9 Å². The second-order valence-corrected chi connectivity index (χ2v) is 7.31. The van der Waals surface area contributed by atoms with E-state index in [4.69, 9.17) is 11.6 Å². The third-order valence-electron chi connectivity index (χ3n) is 2.76. The van der Waals surface area contributed by atoms with Crippen LogP contribution in [-0.2, 0) is 16.4 Å². The zero-order valence-corrected chi connectivity index (χ0v) is 13.2. The van der Waals surface area contributed by atoms with Gasteiger partial charge >= 0.3 is 0 Å². The van der Waals surface area contributed by atoms with Crippen molar-refractivity contribution in [3.63, 3.8) is 0 Å². The van der Waals surface area contributed by atoms with E-state index in [9.17, 15) is 17.6 Å². The molecular formula is C13H13ClFN3O3S. The molecule has 0 radical (unpaired) electrons. The summed E-state index contributed by atoms with van der Waals surface area (Å²) in [4.78, 5) is 12.0. The summed E-state index contributed by atoms with van der Waals surface area (Å²) in [6.45, 7) is 0.162. The molecule has 1 heterocycles. The first-order valence-corrected chi connectivity index (χ1v) is 8.66. The van der Waals surface area contributed by atoms with Crippen LogP contribution in [0.3, 0.4) is 0 Å². The summed E-state index contributed by atoms with van der Waals surface area (Å²) < 4.78 is 37.2. The smallest absolute Gasteiger partial charge is 0.261 e. The van der Waals surface area contributed by atoms with Gasteiger partial charge in [0.05, 0.1) is 22.9 Å². The highest BCUT2D eigenvalue weighted by Crippen LogP contribution is 2.20. The summed E-state index contributed by atoms with van der Waals surface area (Å²) in [5.41, 5.74) is -0.269. The van der Waals surface area contributed by atoms with Crippen molar-refractivity contribution in [2.75, 3.05) is 17.3 Å². The van der Waals surface area contributed by atoms with E-state index in [-0.39, 0.29) is 28.7 Å². The monoisotopic (exact) mass is 345 g/mol. The number of rotatable bonds is 5. The van der Waals surface area contributed by atoms with Gasteiger partial charge in [0.15, 0.2) is 5.82 Å². The first-order valence-electron chi connectivity index (χ1n) is 6.23. The van der Waals surface area contributed by atoms with Crippen LogP contribution >= 0.6 is 11.6 Å². The SMILES string of the molecule is CS(=O)(=O)CCn1ccc(NC(=O)c2c(F)cccc2Cl)n1. The first kappa shape index (κ1) is 16.4. The van der Waals surface area contributed by atoms with E-state index in [2.05, 4.69) is 10.4 Å². The summed E-state index contributed by atoms with van der Waals surface area (Å²) in [6.07, 6.45) is 2.64. The van der Waals surface area contributed by atoms with Gasteiger partial charge in [-0.2, -0.15) is 5.10 Å². The van der Waals surface area contributed by atoms with Gasteiger partial charge in [0, 0.05) is 18.5 Å². The molecule has 0 aliphatic carbocycles. The van der Waals surface area contributed by atoms with Gasteiger partial charge in [-0.05, 0) is 12.1 Å². The Labute approximate surface area is 131 Å². The largest absolute Gasteiger partial charge is 0.305 e. The Morgan fingerprint density at radius 2 is 2.14 bits per heavy atom. The van der Waals surface area contributed by atoms with Crippen molar-refractivity contribution in [2.45, 2.75) is 6.54 Å². The molecular weight excluding hydrogens is 333 g/mol. The minimum absolute atomic E-state index is 0.00555. The zero-order valence-electron chi connectivity index (χ0n) is 11.6. The molecule has 6 nitrogen and oxygen atoms in total. The number of hydrogen-bond acceptors (Lipinski definition) is 4. The molecule has 0 aliphatic heterocycles. The van der Waals surface area contributed by atoms with E-state index in [0.717, 1.165) is 12.3 Å². The van der Waals surface area contributed by atoms with E-state index < -0.39 is 21.6 Å². The van der Waals surface area contributed by atoms with Gasteiger partial charge in [-0.15, -0.1) is 0 Å². The maximum absolute atomic E-state index is 13.6. The van der Waals surface area contributed by atoms with Crippen molar-refractivity contribution in [1.29, 1.82) is 0 Å². The fourth-order valence-electron chi connectivity index (χ4n) is 1.71. The normalized spacial score (nSPS) is 11.4. The molecule has 0 aliphatic rings. The average Bonchev–Trinajstić information content (AvgIpc) is 2.83. The van der Waals surface area contributed by atoms with Crippen LogP contribution in [0, 0.1) is 5.82 Å². The Balaban J connectivity index is 2.08. The van der Waals surface area contributed by atoms with Crippen LogP contribution in [0.25, 0.3) is 0 Å². The fourth-order valence-corrected chi connectivity index (χ4v) is 2.47. The predicted molar refractivity (Wildman–Crippen MR) is 81.3 cm³/mol. The number of nitrogens with zero attached hydrogens (tertiary/aromatic N) is 2. The summed E-state index contributed by atoms with van der Waals surface area (Å²) >= 11 is 5.80. The first-order chi connectivity index (χ1) is 10.3. The Kier molecular flexibility index (Phi) is 4.82. The molecule has 1 N–H and O–H groups in total. The molecule has 0 saturated heterocycles. The average molecular weight is 346 g/mol. The molecule has 2 rings (SSSR count). The molecule has 0 fully saturated rings. The molecule has 0 saturated carbocycles. The maximum Gasteiger partial charge on any atom is 0.261 e. The Hall–Kier alpha value is -1.93. The molecule has 0 spiro atoms. The van der Waals surface area contributed by atoms with Crippen LogP contribution in [0.1, 0.15) is 10.4 Å². The van der Waals surface area contributed by atoms with Gasteiger partial charge < -0.3 is 5.32 Å².